The molecule has 0 radical (unpaired) electrons. The van der Waals surface area contributed by atoms with Crippen molar-refractivity contribution in [2.75, 3.05) is 0 Å². The van der Waals surface area contributed by atoms with Crippen LogP contribution in [0.5, 0.6) is 0 Å². The third-order valence-corrected chi connectivity index (χ3v) is 5.85. The number of halogens is 1. The lowest BCUT2D eigenvalue weighted by molar-refractivity contribution is -0.138. The highest BCUT2D eigenvalue weighted by Crippen LogP contribution is 2.38. The molecule has 2 aromatic heterocycles. The molecule has 1 fully saturated rings. The van der Waals surface area contributed by atoms with E-state index in [-0.39, 0.29) is 23.8 Å². The van der Waals surface area contributed by atoms with Crippen LogP contribution < -0.4 is 5.56 Å². The summed E-state index contributed by atoms with van der Waals surface area (Å²) >= 11 is 0. The van der Waals surface area contributed by atoms with Gasteiger partial charge in [-0.15, -0.1) is 10.2 Å². The molecular weight excluding hydrogens is 437 g/mol. The molecule has 4 rings (SSSR count). The molecule has 8 nitrogen and oxygen atoms in total. The number of nitrogens with zero attached hydrogens (tertiary/aromatic N) is 4. The lowest BCUT2D eigenvalue weighted by Gasteiger charge is -2.15. The first-order valence-corrected chi connectivity index (χ1v) is 11.4. The van der Waals surface area contributed by atoms with E-state index in [1.54, 1.807) is 6.07 Å². The van der Waals surface area contributed by atoms with Crippen molar-refractivity contribution in [3.05, 3.63) is 80.3 Å². The van der Waals surface area contributed by atoms with Gasteiger partial charge in [0.2, 0.25) is 0 Å². The summed E-state index contributed by atoms with van der Waals surface area (Å²) in [7, 11) is 0. The van der Waals surface area contributed by atoms with Crippen molar-refractivity contribution in [3.8, 4) is 0 Å². The van der Waals surface area contributed by atoms with Crippen LogP contribution >= 0.6 is 0 Å². The monoisotopic (exact) mass is 465 g/mol. The van der Waals surface area contributed by atoms with Crippen LogP contribution in [-0.2, 0) is 24.2 Å². The molecule has 178 valence electrons. The Labute approximate surface area is 196 Å². The van der Waals surface area contributed by atoms with E-state index in [1.165, 1.54) is 6.07 Å². The van der Waals surface area contributed by atoms with Crippen LogP contribution in [0.25, 0.3) is 5.57 Å². The molecule has 1 aromatic carbocycles. The number of hydrogen-bond acceptors (Lipinski definition) is 5. The van der Waals surface area contributed by atoms with Gasteiger partial charge in [0.15, 0.2) is 12.4 Å². The number of tetrazole rings is 1. The van der Waals surface area contributed by atoms with Crippen LogP contribution in [0.4, 0.5) is 4.39 Å². The van der Waals surface area contributed by atoms with E-state index < -0.39 is 5.97 Å². The number of benzene rings is 1. The average Bonchev–Trinajstić information content (AvgIpc) is 3.51. The van der Waals surface area contributed by atoms with E-state index in [0.717, 1.165) is 34.3 Å². The van der Waals surface area contributed by atoms with Crippen LogP contribution in [0.1, 0.15) is 66.4 Å². The van der Waals surface area contributed by atoms with E-state index in [0.29, 0.717) is 41.4 Å². The number of aryl methyl sites for hydroxylation is 3. The summed E-state index contributed by atoms with van der Waals surface area (Å²) in [4.78, 5) is 27.4. The number of carboxylic acid groups (broad SMARTS) is 1. The largest absolute Gasteiger partial charge is 0.480 e. The van der Waals surface area contributed by atoms with Gasteiger partial charge in [-0.25, -0.2) is 4.39 Å². The number of H-pyrrole nitrogens is 1. The standard InChI is InChI=1S/C25H28FN5O3/c1-14(2)10-20(22-8-7-18(16-4-5-16)25(34)27-22)19-11-15(3)17(12-21(19)26)6-9-23-28-30-31(29-23)13-24(32)33/h7-8,10-12,14,16H,4-6,9,13H2,1-3H3,(H,27,34)(H,32,33)/b20-10+. The molecule has 0 atom stereocenters. The number of pyridine rings is 1. The Morgan fingerprint density at radius 2 is 2.06 bits per heavy atom. The van der Waals surface area contributed by atoms with Crippen molar-refractivity contribution in [3.63, 3.8) is 0 Å². The first kappa shape index (κ1) is 23.5. The highest BCUT2D eigenvalue weighted by Gasteiger charge is 2.26. The van der Waals surface area contributed by atoms with Gasteiger partial charge in [-0.1, -0.05) is 26.0 Å². The number of nitrogens with one attached hydrogen (secondary N) is 1. The molecule has 34 heavy (non-hydrogen) atoms. The summed E-state index contributed by atoms with van der Waals surface area (Å²) in [6.07, 6.45) is 4.93. The van der Waals surface area contributed by atoms with E-state index >= 15 is 4.39 Å². The second kappa shape index (κ2) is 9.70. The molecule has 0 amide bonds. The van der Waals surface area contributed by atoms with Crippen LogP contribution in [0.3, 0.4) is 0 Å². The van der Waals surface area contributed by atoms with Crippen LogP contribution in [0.2, 0.25) is 0 Å². The summed E-state index contributed by atoms with van der Waals surface area (Å²) in [5.41, 5.74) is 4.11. The highest BCUT2D eigenvalue weighted by atomic mass is 19.1. The van der Waals surface area contributed by atoms with E-state index in [1.807, 2.05) is 39.0 Å². The Morgan fingerprint density at radius 1 is 1.29 bits per heavy atom. The van der Waals surface area contributed by atoms with Gasteiger partial charge >= 0.3 is 5.97 Å². The van der Waals surface area contributed by atoms with Gasteiger partial charge < -0.3 is 10.1 Å². The molecule has 9 heteroatoms. The Balaban J connectivity index is 1.59. The van der Waals surface area contributed by atoms with Crippen molar-refractivity contribution in [2.24, 2.45) is 5.92 Å². The number of hydrogen-bond donors (Lipinski definition) is 2. The molecule has 0 aliphatic heterocycles. The zero-order valence-corrected chi connectivity index (χ0v) is 19.5. The van der Waals surface area contributed by atoms with Crippen molar-refractivity contribution in [1.82, 2.24) is 25.2 Å². The minimum absolute atomic E-state index is 0.105. The number of aromatic amines is 1. The predicted octanol–water partition coefficient (Wildman–Crippen LogP) is 3.64. The topological polar surface area (TPSA) is 114 Å². The molecule has 2 N–H and O–H groups in total. The van der Waals surface area contributed by atoms with Gasteiger partial charge in [-0.2, -0.15) is 4.80 Å². The number of allylic oxidation sites excluding steroid dienone is 1. The van der Waals surface area contributed by atoms with Crippen molar-refractivity contribution in [1.29, 1.82) is 0 Å². The maximum absolute atomic E-state index is 15.4. The maximum atomic E-state index is 15.4. The Morgan fingerprint density at radius 3 is 2.71 bits per heavy atom. The molecule has 1 aliphatic carbocycles. The SMILES string of the molecule is Cc1cc(/C(=C\C(C)C)c2ccc(C3CC3)c(=O)[nH]2)c(F)cc1CCc1nnn(CC(=O)O)n1. The highest BCUT2D eigenvalue weighted by molar-refractivity contribution is 5.79. The van der Waals surface area contributed by atoms with Gasteiger partial charge in [0.1, 0.15) is 5.82 Å². The van der Waals surface area contributed by atoms with E-state index in [9.17, 15) is 9.59 Å². The Kier molecular flexibility index (Phi) is 6.72. The van der Waals surface area contributed by atoms with E-state index in [4.69, 9.17) is 5.11 Å². The second-order valence-electron chi connectivity index (χ2n) is 9.14. The number of rotatable bonds is 9. The third-order valence-electron chi connectivity index (χ3n) is 5.85. The maximum Gasteiger partial charge on any atom is 0.327 e. The molecule has 2 heterocycles. The van der Waals surface area contributed by atoms with Crippen molar-refractivity contribution in [2.45, 2.75) is 58.9 Å². The fourth-order valence-electron chi connectivity index (χ4n) is 4.03. The average molecular weight is 466 g/mol. The Bertz CT molecular complexity index is 1300. The number of aromatic nitrogens is 5. The van der Waals surface area contributed by atoms with Gasteiger partial charge in [0, 0.05) is 28.8 Å². The first-order chi connectivity index (χ1) is 16.2. The number of aliphatic carboxylic acids is 1. The van der Waals surface area contributed by atoms with Gasteiger partial charge in [0.25, 0.3) is 5.56 Å². The first-order valence-electron chi connectivity index (χ1n) is 11.4. The summed E-state index contributed by atoms with van der Waals surface area (Å²) in [5.74, 6) is -0.526. The third kappa shape index (κ3) is 5.47. The predicted molar refractivity (Wildman–Crippen MR) is 125 cm³/mol. The van der Waals surface area contributed by atoms with Crippen LogP contribution in [0, 0.1) is 18.7 Å². The van der Waals surface area contributed by atoms with Crippen molar-refractivity contribution >= 4 is 11.5 Å². The molecule has 0 bridgehead atoms. The summed E-state index contributed by atoms with van der Waals surface area (Å²) in [5, 5.41) is 20.5. The molecular formula is C25H28FN5O3. The van der Waals surface area contributed by atoms with Crippen molar-refractivity contribution < 1.29 is 14.3 Å². The molecule has 0 unspecified atom stereocenters. The zero-order valence-electron chi connectivity index (χ0n) is 19.5. The molecule has 3 aromatic rings. The molecule has 0 spiro atoms. The minimum Gasteiger partial charge on any atom is -0.480 e. The van der Waals surface area contributed by atoms with Gasteiger partial charge in [-0.05, 0) is 72.6 Å². The summed E-state index contributed by atoms with van der Waals surface area (Å²) in [6, 6.07) is 7.06. The zero-order chi connectivity index (χ0) is 24.4. The fourth-order valence-corrected chi connectivity index (χ4v) is 4.03. The molecule has 1 aliphatic rings. The Hall–Kier alpha value is -3.62. The van der Waals surface area contributed by atoms with Crippen LogP contribution in [-0.4, -0.2) is 36.3 Å². The normalized spacial score (nSPS) is 14.1. The fraction of sp³-hybridized carbons (Fsp3) is 0.400. The summed E-state index contributed by atoms with van der Waals surface area (Å²) in [6.45, 7) is 5.59. The van der Waals surface area contributed by atoms with E-state index in [2.05, 4.69) is 20.4 Å². The smallest absolute Gasteiger partial charge is 0.327 e. The van der Waals surface area contributed by atoms with Gasteiger partial charge in [0.05, 0.1) is 0 Å². The van der Waals surface area contributed by atoms with Gasteiger partial charge in [-0.3, -0.25) is 9.59 Å². The number of carbonyl (C=O) groups is 1. The quantitative estimate of drug-likeness (QED) is 0.499. The second-order valence-corrected chi connectivity index (χ2v) is 9.14. The molecule has 0 saturated heterocycles. The minimum atomic E-state index is -1.05. The lowest BCUT2D eigenvalue weighted by atomic mass is 9.93. The summed E-state index contributed by atoms with van der Waals surface area (Å²) < 4.78 is 15.4. The van der Waals surface area contributed by atoms with Crippen LogP contribution in [0.15, 0.2) is 35.1 Å². The number of carboxylic acids is 1. The molecule has 1 saturated carbocycles. The lowest BCUT2D eigenvalue weighted by Crippen LogP contribution is -2.14.